The number of aromatic nitrogens is 2. The minimum Gasteiger partial charge on any atom is -0.367 e. The molecule has 1 aromatic heterocycles. The Bertz CT molecular complexity index is 365. The summed E-state index contributed by atoms with van der Waals surface area (Å²) in [5.74, 6) is 1.31. The highest BCUT2D eigenvalue weighted by Crippen LogP contribution is 2.22. The van der Waals surface area contributed by atoms with E-state index < -0.39 is 0 Å². The van der Waals surface area contributed by atoms with E-state index in [1.165, 1.54) is 0 Å². The summed E-state index contributed by atoms with van der Waals surface area (Å²) in [6, 6.07) is 0.122. The Balaban J connectivity index is 2.05. The molecule has 1 aliphatic rings. The Labute approximate surface area is 108 Å². The van der Waals surface area contributed by atoms with E-state index in [9.17, 15) is 0 Å². The third-order valence-corrected chi connectivity index (χ3v) is 3.40. The first-order chi connectivity index (χ1) is 8.78. The molecule has 18 heavy (non-hydrogen) atoms. The van der Waals surface area contributed by atoms with Crippen LogP contribution in [0.15, 0.2) is 4.52 Å². The molecule has 0 radical (unpaired) electrons. The van der Waals surface area contributed by atoms with Gasteiger partial charge in [0, 0.05) is 13.1 Å². The quantitative estimate of drug-likeness (QED) is 0.850. The highest BCUT2D eigenvalue weighted by molar-refractivity contribution is 4.97. The van der Waals surface area contributed by atoms with Crippen LogP contribution in [0.5, 0.6) is 0 Å². The second kappa shape index (κ2) is 6.26. The molecule has 0 aliphatic carbocycles. The van der Waals surface area contributed by atoms with Crippen LogP contribution in [0.25, 0.3) is 0 Å². The molecule has 0 spiro atoms. The largest absolute Gasteiger partial charge is 0.367 e. The van der Waals surface area contributed by atoms with Gasteiger partial charge in [-0.1, -0.05) is 19.0 Å². The van der Waals surface area contributed by atoms with Crippen molar-refractivity contribution in [1.29, 1.82) is 0 Å². The zero-order valence-electron chi connectivity index (χ0n) is 11.3. The van der Waals surface area contributed by atoms with Crippen LogP contribution in [0.1, 0.15) is 44.1 Å². The van der Waals surface area contributed by atoms with Crippen molar-refractivity contribution >= 4 is 0 Å². The van der Waals surface area contributed by atoms with Gasteiger partial charge in [-0.2, -0.15) is 4.98 Å². The third-order valence-electron chi connectivity index (χ3n) is 3.40. The number of ether oxygens (including phenoxy) is 1. The number of rotatable bonds is 5. The molecule has 1 fully saturated rings. The lowest BCUT2D eigenvalue weighted by atomic mass is 10.2. The third kappa shape index (κ3) is 2.88. The molecule has 0 aromatic carbocycles. The predicted molar refractivity (Wildman–Crippen MR) is 67.2 cm³/mol. The second-order valence-corrected chi connectivity index (χ2v) is 4.49. The molecule has 2 heterocycles. The highest BCUT2D eigenvalue weighted by atomic mass is 16.5. The summed E-state index contributed by atoms with van der Waals surface area (Å²) >= 11 is 0. The monoisotopic (exact) mass is 254 g/mol. The molecule has 1 aliphatic heterocycles. The van der Waals surface area contributed by atoms with Gasteiger partial charge >= 0.3 is 0 Å². The molecule has 0 amide bonds. The van der Waals surface area contributed by atoms with E-state index in [2.05, 4.69) is 34.2 Å². The molecule has 6 nitrogen and oxygen atoms in total. The summed E-state index contributed by atoms with van der Waals surface area (Å²) in [5.41, 5.74) is 0. The zero-order valence-corrected chi connectivity index (χ0v) is 11.3. The first-order valence-corrected chi connectivity index (χ1v) is 6.63. The average molecular weight is 254 g/mol. The Morgan fingerprint density at radius 3 is 3.00 bits per heavy atom. The van der Waals surface area contributed by atoms with E-state index in [-0.39, 0.29) is 12.1 Å². The number of morpholine rings is 1. The van der Waals surface area contributed by atoms with Crippen molar-refractivity contribution in [3.05, 3.63) is 11.7 Å². The summed E-state index contributed by atoms with van der Waals surface area (Å²) < 4.78 is 11.0. The van der Waals surface area contributed by atoms with E-state index in [0.717, 1.165) is 32.7 Å². The molecule has 1 N–H and O–H groups in total. The number of nitrogens with zero attached hydrogens (tertiary/aromatic N) is 3. The van der Waals surface area contributed by atoms with Crippen molar-refractivity contribution in [2.75, 3.05) is 33.3 Å². The number of hydrogen-bond donors (Lipinski definition) is 1. The Hall–Kier alpha value is -0.980. The Morgan fingerprint density at radius 2 is 2.33 bits per heavy atom. The lowest BCUT2D eigenvalue weighted by molar-refractivity contribution is -0.0334. The summed E-state index contributed by atoms with van der Waals surface area (Å²) in [4.78, 5) is 6.79. The van der Waals surface area contributed by atoms with Gasteiger partial charge in [0.15, 0.2) is 0 Å². The molecular weight excluding hydrogens is 232 g/mol. The van der Waals surface area contributed by atoms with Gasteiger partial charge in [-0.3, -0.25) is 4.90 Å². The predicted octanol–water partition coefficient (Wildman–Crippen LogP) is 1.13. The fourth-order valence-electron chi connectivity index (χ4n) is 2.17. The molecule has 1 aromatic rings. The summed E-state index contributed by atoms with van der Waals surface area (Å²) in [7, 11) is 1.90. The molecule has 2 atom stereocenters. The standard InChI is InChI=1S/C12H22N4O2/c1-4-9(13-3)12-14-11(15-18-12)10-8-16(5-2)6-7-17-10/h9-10,13H,4-8H2,1-3H3. The van der Waals surface area contributed by atoms with E-state index in [1.807, 2.05) is 7.05 Å². The van der Waals surface area contributed by atoms with Gasteiger partial charge in [-0.05, 0) is 20.0 Å². The highest BCUT2D eigenvalue weighted by Gasteiger charge is 2.26. The van der Waals surface area contributed by atoms with Gasteiger partial charge < -0.3 is 14.6 Å². The van der Waals surface area contributed by atoms with Crippen molar-refractivity contribution in [3.8, 4) is 0 Å². The summed E-state index contributed by atoms with van der Waals surface area (Å²) in [6.45, 7) is 7.81. The van der Waals surface area contributed by atoms with Gasteiger partial charge in [0.05, 0.1) is 12.6 Å². The molecule has 1 saturated heterocycles. The van der Waals surface area contributed by atoms with E-state index in [1.54, 1.807) is 0 Å². The molecule has 2 rings (SSSR count). The Morgan fingerprint density at radius 1 is 1.50 bits per heavy atom. The van der Waals surface area contributed by atoms with Crippen LogP contribution in [0, 0.1) is 0 Å². The van der Waals surface area contributed by atoms with Gasteiger partial charge in [0.1, 0.15) is 6.10 Å². The molecule has 102 valence electrons. The average Bonchev–Trinajstić information content (AvgIpc) is 2.90. The minimum absolute atomic E-state index is 0.0643. The lowest BCUT2D eigenvalue weighted by Crippen LogP contribution is -2.38. The van der Waals surface area contributed by atoms with Crippen LogP contribution in [0.3, 0.4) is 0 Å². The summed E-state index contributed by atoms with van der Waals surface area (Å²) in [6.07, 6.45) is 0.857. The fourth-order valence-corrected chi connectivity index (χ4v) is 2.17. The van der Waals surface area contributed by atoms with Gasteiger partial charge in [0.2, 0.25) is 11.7 Å². The van der Waals surface area contributed by atoms with Gasteiger partial charge in [-0.25, -0.2) is 0 Å². The van der Waals surface area contributed by atoms with Crippen molar-refractivity contribution < 1.29 is 9.26 Å². The van der Waals surface area contributed by atoms with Crippen molar-refractivity contribution in [3.63, 3.8) is 0 Å². The molecule has 2 unspecified atom stereocenters. The van der Waals surface area contributed by atoms with E-state index >= 15 is 0 Å². The van der Waals surface area contributed by atoms with Crippen molar-refractivity contribution in [1.82, 2.24) is 20.4 Å². The van der Waals surface area contributed by atoms with Crippen LogP contribution in [0.2, 0.25) is 0 Å². The molecule has 6 heteroatoms. The maximum atomic E-state index is 5.71. The van der Waals surface area contributed by atoms with Gasteiger partial charge in [-0.15, -0.1) is 0 Å². The zero-order chi connectivity index (χ0) is 13.0. The van der Waals surface area contributed by atoms with Gasteiger partial charge in [0.25, 0.3) is 0 Å². The van der Waals surface area contributed by atoms with Crippen molar-refractivity contribution in [2.45, 2.75) is 32.4 Å². The fraction of sp³-hybridized carbons (Fsp3) is 0.833. The topological polar surface area (TPSA) is 63.4 Å². The number of likely N-dealkylation sites (N-methyl/N-ethyl adjacent to an activating group) is 1. The minimum atomic E-state index is -0.0643. The smallest absolute Gasteiger partial charge is 0.243 e. The SMILES string of the molecule is CCC(NC)c1nc(C2CN(CC)CCO2)no1. The van der Waals surface area contributed by atoms with E-state index in [4.69, 9.17) is 9.26 Å². The first kappa shape index (κ1) is 13.5. The molecule has 0 saturated carbocycles. The Kier molecular flexibility index (Phi) is 4.68. The lowest BCUT2D eigenvalue weighted by Gasteiger charge is -2.30. The molecular formula is C12H22N4O2. The van der Waals surface area contributed by atoms with Crippen LogP contribution >= 0.6 is 0 Å². The van der Waals surface area contributed by atoms with Crippen LogP contribution in [-0.4, -0.2) is 48.3 Å². The maximum Gasteiger partial charge on any atom is 0.243 e. The first-order valence-electron chi connectivity index (χ1n) is 6.63. The summed E-state index contributed by atoms with van der Waals surface area (Å²) in [5, 5.41) is 7.20. The normalized spacial score (nSPS) is 23.2. The van der Waals surface area contributed by atoms with E-state index in [0.29, 0.717) is 11.7 Å². The van der Waals surface area contributed by atoms with Crippen LogP contribution < -0.4 is 5.32 Å². The second-order valence-electron chi connectivity index (χ2n) is 4.49. The maximum absolute atomic E-state index is 5.71. The molecule has 0 bridgehead atoms. The van der Waals surface area contributed by atoms with Crippen molar-refractivity contribution in [2.24, 2.45) is 0 Å². The van der Waals surface area contributed by atoms with Crippen LogP contribution in [0.4, 0.5) is 0 Å². The van der Waals surface area contributed by atoms with Crippen LogP contribution in [-0.2, 0) is 4.74 Å². The number of nitrogens with one attached hydrogen (secondary N) is 1. The number of hydrogen-bond acceptors (Lipinski definition) is 6.